The molecule has 0 aromatic carbocycles. The second kappa shape index (κ2) is 6.83. The van der Waals surface area contributed by atoms with Crippen LogP contribution in [0.4, 0.5) is 0 Å². The minimum absolute atomic E-state index is 0.143. The number of rotatable bonds is 7. The van der Waals surface area contributed by atoms with Crippen LogP contribution in [0, 0.1) is 5.92 Å². The first-order valence-electron chi connectivity index (χ1n) is 4.38. The summed E-state index contributed by atoms with van der Waals surface area (Å²) in [6, 6.07) is 0. The summed E-state index contributed by atoms with van der Waals surface area (Å²) in [6.45, 7) is 4.49. The number of hydrogen-bond donors (Lipinski definition) is 1. The Hall–Kier alpha value is -0.860. The van der Waals surface area contributed by atoms with E-state index in [9.17, 15) is 9.59 Å². The van der Waals surface area contributed by atoms with Crippen molar-refractivity contribution < 1.29 is 9.59 Å². The van der Waals surface area contributed by atoms with Gasteiger partial charge in [-0.1, -0.05) is 13.8 Å². The van der Waals surface area contributed by atoms with Crippen molar-refractivity contribution in [3.05, 3.63) is 0 Å². The van der Waals surface area contributed by atoms with Crippen LogP contribution in [0.2, 0.25) is 0 Å². The first-order valence-corrected chi connectivity index (χ1v) is 4.38. The van der Waals surface area contributed by atoms with Gasteiger partial charge in [-0.2, -0.15) is 0 Å². The topological polar surface area (TPSA) is 46.2 Å². The highest BCUT2D eigenvalue weighted by Gasteiger charge is 2.05. The van der Waals surface area contributed by atoms with Crippen LogP contribution >= 0.6 is 0 Å². The second-order valence-electron chi connectivity index (χ2n) is 3.15. The summed E-state index contributed by atoms with van der Waals surface area (Å²) in [7, 11) is 0. The van der Waals surface area contributed by atoms with Crippen LogP contribution in [0.5, 0.6) is 0 Å². The molecule has 3 nitrogen and oxygen atoms in total. The lowest BCUT2D eigenvalue weighted by Crippen LogP contribution is -2.13. The number of carbonyl (C=O) groups is 2. The highest BCUT2D eigenvalue weighted by Crippen LogP contribution is 2.03. The summed E-state index contributed by atoms with van der Waals surface area (Å²) in [5, 5.41) is 2.56. The zero-order chi connectivity index (χ0) is 9.40. The molecule has 0 aliphatic carbocycles. The Morgan fingerprint density at radius 2 is 2.08 bits per heavy atom. The second-order valence-corrected chi connectivity index (χ2v) is 3.15. The summed E-state index contributed by atoms with van der Waals surface area (Å²) < 4.78 is 0. The van der Waals surface area contributed by atoms with Crippen molar-refractivity contribution in [2.45, 2.75) is 33.1 Å². The van der Waals surface area contributed by atoms with E-state index in [1.807, 2.05) is 13.8 Å². The fraction of sp³-hybridized carbons (Fsp3) is 0.778. The molecule has 0 radical (unpaired) electrons. The molecule has 0 fully saturated rings. The van der Waals surface area contributed by atoms with Crippen LogP contribution in [0.15, 0.2) is 0 Å². The van der Waals surface area contributed by atoms with Gasteiger partial charge in [0.2, 0.25) is 6.41 Å². The zero-order valence-corrected chi connectivity index (χ0v) is 7.80. The lowest BCUT2D eigenvalue weighted by atomic mass is 10.0. The van der Waals surface area contributed by atoms with Crippen LogP contribution in [0.3, 0.4) is 0 Å². The summed E-state index contributed by atoms with van der Waals surface area (Å²) in [5.41, 5.74) is 0. The first kappa shape index (κ1) is 11.1. The largest absolute Gasteiger partial charge is 0.359 e. The molecule has 0 atom stereocenters. The molecule has 70 valence electrons. The molecule has 1 amide bonds. The number of ketones is 1. The van der Waals surface area contributed by atoms with Gasteiger partial charge in [0.15, 0.2) is 0 Å². The highest BCUT2D eigenvalue weighted by atomic mass is 16.1. The summed E-state index contributed by atoms with van der Waals surface area (Å²) in [4.78, 5) is 20.9. The number of carbonyl (C=O) groups excluding carboxylic acids is 2. The molecule has 0 heterocycles. The average Bonchev–Trinajstić information content (AvgIpc) is 2.03. The van der Waals surface area contributed by atoms with E-state index in [1.54, 1.807) is 0 Å². The molecule has 0 bridgehead atoms. The van der Waals surface area contributed by atoms with Crippen molar-refractivity contribution in [3.8, 4) is 0 Å². The third kappa shape index (κ3) is 5.89. The number of nitrogens with one attached hydrogen (secondary N) is 1. The summed E-state index contributed by atoms with van der Waals surface area (Å²) in [5.74, 6) is 0.449. The van der Waals surface area contributed by atoms with Crippen LogP contribution in [-0.2, 0) is 9.59 Å². The quantitative estimate of drug-likeness (QED) is 0.461. The van der Waals surface area contributed by atoms with Gasteiger partial charge in [0, 0.05) is 18.9 Å². The molecule has 0 unspecified atom stereocenters. The van der Waals surface area contributed by atoms with Gasteiger partial charge in [0.05, 0.1) is 0 Å². The van der Waals surface area contributed by atoms with E-state index in [2.05, 4.69) is 5.32 Å². The zero-order valence-electron chi connectivity index (χ0n) is 7.80. The molecule has 0 saturated carbocycles. The van der Waals surface area contributed by atoms with E-state index >= 15 is 0 Å². The lowest BCUT2D eigenvalue weighted by molar-refractivity contribution is -0.122. The Labute approximate surface area is 73.5 Å². The van der Waals surface area contributed by atoms with Crippen molar-refractivity contribution in [1.82, 2.24) is 5.32 Å². The molecule has 0 spiro atoms. The Morgan fingerprint density at radius 1 is 1.42 bits per heavy atom. The van der Waals surface area contributed by atoms with Gasteiger partial charge in [-0.15, -0.1) is 0 Å². The van der Waals surface area contributed by atoms with Crippen molar-refractivity contribution in [2.24, 2.45) is 5.92 Å². The predicted molar refractivity (Wildman–Crippen MR) is 47.8 cm³/mol. The predicted octanol–water partition coefficient (Wildman–Crippen LogP) is 1.13. The third-order valence-corrected chi connectivity index (χ3v) is 1.72. The maximum Gasteiger partial charge on any atom is 0.207 e. The number of unbranched alkanes of at least 4 members (excludes halogenated alkanes) is 1. The van der Waals surface area contributed by atoms with Crippen LogP contribution in [0.25, 0.3) is 0 Å². The minimum Gasteiger partial charge on any atom is -0.359 e. The normalized spacial score (nSPS) is 9.92. The standard InChI is InChI=1S/C9H17NO2/c1-8(2)9(12)5-3-4-6-10-7-11/h7-8H,3-6H2,1-2H3,(H,10,11). The Bertz CT molecular complexity index is 143. The number of hydrogen-bond acceptors (Lipinski definition) is 2. The Balaban J connectivity index is 3.19. The van der Waals surface area contributed by atoms with Crippen molar-refractivity contribution in [3.63, 3.8) is 0 Å². The fourth-order valence-electron chi connectivity index (χ4n) is 0.874. The third-order valence-electron chi connectivity index (χ3n) is 1.72. The molecule has 0 aromatic rings. The molecular weight excluding hydrogens is 154 g/mol. The van der Waals surface area contributed by atoms with Crippen LogP contribution in [0.1, 0.15) is 33.1 Å². The van der Waals surface area contributed by atoms with E-state index in [0.29, 0.717) is 25.2 Å². The van der Waals surface area contributed by atoms with E-state index in [4.69, 9.17) is 0 Å². The summed E-state index contributed by atoms with van der Waals surface area (Å²) in [6.07, 6.45) is 3.08. The fourth-order valence-corrected chi connectivity index (χ4v) is 0.874. The monoisotopic (exact) mass is 171 g/mol. The van der Waals surface area contributed by atoms with Crippen LogP contribution < -0.4 is 5.32 Å². The molecule has 0 aliphatic rings. The number of Topliss-reactive ketones (excluding diaryl/α,β-unsaturated/α-hetero) is 1. The van der Waals surface area contributed by atoms with Crippen molar-refractivity contribution in [1.29, 1.82) is 0 Å². The van der Waals surface area contributed by atoms with Crippen molar-refractivity contribution >= 4 is 12.2 Å². The molecule has 12 heavy (non-hydrogen) atoms. The molecule has 1 N–H and O–H groups in total. The smallest absolute Gasteiger partial charge is 0.207 e. The maximum atomic E-state index is 11.1. The van der Waals surface area contributed by atoms with Crippen LogP contribution in [-0.4, -0.2) is 18.7 Å². The molecule has 0 aromatic heterocycles. The van der Waals surface area contributed by atoms with E-state index in [-0.39, 0.29) is 5.92 Å². The SMILES string of the molecule is CC(C)C(=O)CCCCNC=O. The van der Waals surface area contributed by atoms with Gasteiger partial charge in [0.25, 0.3) is 0 Å². The molecule has 3 heteroatoms. The van der Waals surface area contributed by atoms with Gasteiger partial charge < -0.3 is 5.32 Å². The van der Waals surface area contributed by atoms with Gasteiger partial charge >= 0.3 is 0 Å². The van der Waals surface area contributed by atoms with Gasteiger partial charge in [0.1, 0.15) is 5.78 Å². The first-order chi connectivity index (χ1) is 5.68. The van der Waals surface area contributed by atoms with Gasteiger partial charge in [-0.05, 0) is 12.8 Å². The summed E-state index contributed by atoms with van der Waals surface area (Å²) >= 11 is 0. The molecule has 0 saturated heterocycles. The minimum atomic E-state index is 0.143. The molecule has 0 aliphatic heterocycles. The molecule has 0 rings (SSSR count). The Kier molecular flexibility index (Phi) is 6.34. The van der Waals surface area contributed by atoms with Crippen molar-refractivity contribution in [2.75, 3.05) is 6.54 Å². The van der Waals surface area contributed by atoms with E-state index < -0.39 is 0 Å². The Morgan fingerprint density at radius 3 is 2.58 bits per heavy atom. The highest BCUT2D eigenvalue weighted by molar-refractivity contribution is 5.80. The lowest BCUT2D eigenvalue weighted by Gasteiger charge is -2.02. The molecular formula is C9H17NO2. The van der Waals surface area contributed by atoms with E-state index in [1.165, 1.54) is 0 Å². The van der Waals surface area contributed by atoms with E-state index in [0.717, 1.165) is 12.8 Å². The average molecular weight is 171 g/mol. The van der Waals surface area contributed by atoms with Gasteiger partial charge in [-0.3, -0.25) is 9.59 Å². The van der Waals surface area contributed by atoms with Gasteiger partial charge in [-0.25, -0.2) is 0 Å². The maximum absolute atomic E-state index is 11.1. The number of amides is 1.